The number of ether oxygens (including phenoxy) is 2. The zero-order valence-corrected chi connectivity index (χ0v) is 15.8. The lowest BCUT2D eigenvalue weighted by molar-refractivity contribution is -0.117. The Bertz CT molecular complexity index is 973. The number of amides is 1. The van der Waals surface area contributed by atoms with Crippen molar-refractivity contribution in [1.29, 1.82) is 0 Å². The van der Waals surface area contributed by atoms with Gasteiger partial charge in [-0.1, -0.05) is 35.9 Å². The molecule has 1 amide bonds. The van der Waals surface area contributed by atoms with E-state index in [1.165, 1.54) is 19.0 Å². The summed E-state index contributed by atoms with van der Waals surface area (Å²) in [4.78, 5) is 13.6. The standard InChI is InChI=1S/C18H18ClN5O3/c1-11-6-4-5-7-12(11)18-21-23-24(22-18)10-17(25)20-14-8-13(19)15(26-2)9-16(14)27-3/h4-9H,10H2,1-3H3,(H,20,25). The molecule has 0 aliphatic heterocycles. The Kier molecular flexibility index (Phi) is 5.56. The molecule has 0 saturated carbocycles. The molecule has 0 aliphatic rings. The number of carbonyl (C=O) groups is 1. The number of nitrogens with one attached hydrogen (secondary N) is 1. The molecule has 0 bridgehead atoms. The summed E-state index contributed by atoms with van der Waals surface area (Å²) in [6.45, 7) is 1.86. The molecule has 140 valence electrons. The van der Waals surface area contributed by atoms with Gasteiger partial charge in [0, 0.05) is 11.6 Å². The number of hydrogen-bond acceptors (Lipinski definition) is 6. The quantitative estimate of drug-likeness (QED) is 0.699. The molecule has 3 rings (SSSR count). The van der Waals surface area contributed by atoms with E-state index in [1.54, 1.807) is 12.1 Å². The van der Waals surface area contributed by atoms with Crippen LogP contribution in [0, 0.1) is 6.92 Å². The van der Waals surface area contributed by atoms with Crippen LogP contribution in [0.25, 0.3) is 11.4 Å². The van der Waals surface area contributed by atoms with Crippen molar-refractivity contribution in [1.82, 2.24) is 20.2 Å². The molecule has 0 radical (unpaired) electrons. The molecule has 8 nitrogen and oxygen atoms in total. The molecule has 0 saturated heterocycles. The van der Waals surface area contributed by atoms with Crippen LogP contribution in [0.2, 0.25) is 5.02 Å². The highest BCUT2D eigenvalue weighted by Crippen LogP contribution is 2.35. The highest BCUT2D eigenvalue weighted by molar-refractivity contribution is 6.32. The number of benzene rings is 2. The van der Waals surface area contributed by atoms with Crippen molar-refractivity contribution < 1.29 is 14.3 Å². The number of aryl methyl sites for hydroxylation is 1. The second kappa shape index (κ2) is 8.05. The molecule has 27 heavy (non-hydrogen) atoms. The molecular formula is C18H18ClN5O3. The van der Waals surface area contributed by atoms with Crippen molar-refractivity contribution in [2.24, 2.45) is 0 Å². The minimum absolute atomic E-state index is 0.105. The molecule has 2 aromatic carbocycles. The van der Waals surface area contributed by atoms with E-state index in [-0.39, 0.29) is 12.5 Å². The Morgan fingerprint density at radius 1 is 1.19 bits per heavy atom. The number of aromatic nitrogens is 4. The molecule has 0 fully saturated rings. The van der Waals surface area contributed by atoms with Crippen LogP contribution < -0.4 is 14.8 Å². The summed E-state index contributed by atoms with van der Waals surface area (Å²) in [7, 11) is 2.99. The average molecular weight is 388 g/mol. The van der Waals surface area contributed by atoms with Gasteiger partial charge >= 0.3 is 0 Å². The second-order valence-electron chi connectivity index (χ2n) is 5.69. The van der Waals surface area contributed by atoms with E-state index >= 15 is 0 Å². The Balaban J connectivity index is 1.74. The topological polar surface area (TPSA) is 91.2 Å². The number of methoxy groups -OCH3 is 2. The third kappa shape index (κ3) is 4.17. The maximum absolute atomic E-state index is 12.4. The fourth-order valence-corrected chi connectivity index (χ4v) is 2.76. The molecule has 3 aromatic rings. The lowest BCUT2D eigenvalue weighted by Crippen LogP contribution is -2.20. The van der Waals surface area contributed by atoms with E-state index in [4.69, 9.17) is 21.1 Å². The van der Waals surface area contributed by atoms with Gasteiger partial charge in [-0.2, -0.15) is 4.80 Å². The molecule has 1 N–H and O–H groups in total. The predicted molar refractivity (Wildman–Crippen MR) is 101 cm³/mol. The third-order valence-corrected chi connectivity index (χ3v) is 4.17. The number of anilines is 1. The lowest BCUT2D eigenvalue weighted by atomic mass is 10.1. The molecule has 0 aliphatic carbocycles. The molecule has 0 unspecified atom stereocenters. The zero-order chi connectivity index (χ0) is 19.4. The van der Waals surface area contributed by atoms with Gasteiger partial charge in [0.15, 0.2) is 0 Å². The van der Waals surface area contributed by atoms with Gasteiger partial charge < -0.3 is 14.8 Å². The summed E-state index contributed by atoms with van der Waals surface area (Å²) in [5, 5.41) is 15.3. The van der Waals surface area contributed by atoms with Crippen molar-refractivity contribution >= 4 is 23.2 Å². The van der Waals surface area contributed by atoms with Crippen LogP contribution in [0.3, 0.4) is 0 Å². The fraction of sp³-hybridized carbons (Fsp3) is 0.222. The maximum atomic E-state index is 12.4. The molecule has 1 aromatic heterocycles. The first-order valence-corrected chi connectivity index (χ1v) is 8.44. The molecule has 0 spiro atoms. The Hall–Kier alpha value is -3.13. The Morgan fingerprint density at radius 2 is 1.93 bits per heavy atom. The number of tetrazole rings is 1. The fourth-order valence-electron chi connectivity index (χ4n) is 2.52. The second-order valence-corrected chi connectivity index (χ2v) is 6.10. The summed E-state index contributed by atoms with van der Waals surface area (Å²) >= 11 is 6.12. The highest BCUT2D eigenvalue weighted by Gasteiger charge is 2.15. The van der Waals surface area contributed by atoms with Crippen LogP contribution in [0.5, 0.6) is 11.5 Å². The first-order valence-electron chi connectivity index (χ1n) is 8.07. The minimum atomic E-state index is -0.344. The van der Waals surface area contributed by atoms with Gasteiger partial charge in [-0.3, -0.25) is 4.79 Å². The predicted octanol–water partition coefficient (Wildman–Crippen LogP) is 2.96. The maximum Gasteiger partial charge on any atom is 0.248 e. The van der Waals surface area contributed by atoms with Crippen LogP contribution in [-0.2, 0) is 11.3 Å². The smallest absolute Gasteiger partial charge is 0.248 e. The van der Waals surface area contributed by atoms with Gasteiger partial charge in [-0.25, -0.2) is 0 Å². The van der Waals surface area contributed by atoms with Crippen LogP contribution in [-0.4, -0.2) is 40.3 Å². The Labute approximate surface area is 161 Å². The summed E-state index contributed by atoms with van der Waals surface area (Å²) in [6, 6.07) is 10.9. The highest BCUT2D eigenvalue weighted by atomic mass is 35.5. The summed E-state index contributed by atoms with van der Waals surface area (Å²) in [5.41, 5.74) is 2.32. The lowest BCUT2D eigenvalue weighted by Gasteiger charge is -2.12. The zero-order valence-electron chi connectivity index (χ0n) is 15.1. The van der Waals surface area contributed by atoms with Gasteiger partial charge in [-0.05, 0) is 23.8 Å². The van der Waals surface area contributed by atoms with E-state index in [2.05, 4.69) is 20.7 Å². The van der Waals surface area contributed by atoms with Crippen molar-refractivity contribution in [3.63, 3.8) is 0 Å². The van der Waals surface area contributed by atoms with Crippen LogP contribution in [0.15, 0.2) is 36.4 Å². The summed E-state index contributed by atoms with van der Waals surface area (Å²) < 4.78 is 10.4. The van der Waals surface area contributed by atoms with Gasteiger partial charge in [0.05, 0.1) is 24.9 Å². The minimum Gasteiger partial charge on any atom is -0.495 e. The number of halogens is 1. The van der Waals surface area contributed by atoms with Crippen molar-refractivity contribution in [3.05, 3.63) is 47.0 Å². The largest absolute Gasteiger partial charge is 0.495 e. The molecular weight excluding hydrogens is 370 g/mol. The number of hydrogen-bond donors (Lipinski definition) is 1. The van der Waals surface area contributed by atoms with Gasteiger partial charge in [-0.15, -0.1) is 10.2 Å². The van der Waals surface area contributed by atoms with Gasteiger partial charge in [0.25, 0.3) is 0 Å². The van der Waals surface area contributed by atoms with Crippen LogP contribution in [0.4, 0.5) is 5.69 Å². The van der Waals surface area contributed by atoms with E-state index in [0.29, 0.717) is 28.0 Å². The van der Waals surface area contributed by atoms with Crippen molar-refractivity contribution in [3.8, 4) is 22.9 Å². The normalized spacial score (nSPS) is 10.5. The first-order chi connectivity index (χ1) is 13.0. The van der Waals surface area contributed by atoms with E-state index in [0.717, 1.165) is 11.1 Å². The first kappa shape index (κ1) is 18.7. The molecule has 0 atom stereocenters. The average Bonchev–Trinajstić information content (AvgIpc) is 3.10. The molecule has 9 heteroatoms. The van der Waals surface area contributed by atoms with Crippen LogP contribution in [0.1, 0.15) is 5.56 Å². The van der Waals surface area contributed by atoms with E-state index in [9.17, 15) is 4.79 Å². The molecule has 1 heterocycles. The summed E-state index contributed by atoms with van der Waals surface area (Å²) in [5.74, 6) is 0.998. The van der Waals surface area contributed by atoms with E-state index in [1.807, 2.05) is 31.2 Å². The van der Waals surface area contributed by atoms with Crippen molar-refractivity contribution in [2.75, 3.05) is 19.5 Å². The van der Waals surface area contributed by atoms with Crippen LogP contribution >= 0.6 is 11.6 Å². The monoisotopic (exact) mass is 387 g/mol. The number of nitrogens with zero attached hydrogens (tertiary/aromatic N) is 4. The number of rotatable bonds is 6. The number of carbonyl (C=O) groups excluding carboxylic acids is 1. The van der Waals surface area contributed by atoms with Gasteiger partial charge in [0.2, 0.25) is 11.7 Å². The SMILES string of the molecule is COc1cc(OC)c(NC(=O)Cn2nnc(-c3ccccc3C)n2)cc1Cl. The third-order valence-electron chi connectivity index (χ3n) is 3.87. The van der Waals surface area contributed by atoms with Crippen molar-refractivity contribution in [2.45, 2.75) is 13.5 Å². The van der Waals surface area contributed by atoms with Gasteiger partial charge in [0.1, 0.15) is 18.0 Å². The van der Waals surface area contributed by atoms with E-state index < -0.39 is 0 Å². The Morgan fingerprint density at radius 3 is 2.63 bits per heavy atom. The summed E-state index contributed by atoms with van der Waals surface area (Å²) in [6.07, 6.45) is 0.